The molecule has 1 aliphatic carbocycles. The molecule has 20 heavy (non-hydrogen) atoms. The highest BCUT2D eigenvalue weighted by Crippen LogP contribution is 2.43. The minimum atomic E-state index is 0.176. The molecule has 0 amide bonds. The minimum Gasteiger partial charge on any atom is -0.459 e. The van der Waals surface area contributed by atoms with Crippen molar-refractivity contribution in [2.45, 2.75) is 45.4 Å². The molecule has 1 fully saturated rings. The van der Waals surface area contributed by atoms with Crippen LogP contribution in [0.4, 0.5) is 0 Å². The van der Waals surface area contributed by atoms with Gasteiger partial charge in [-0.3, -0.25) is 0 Å². The van der Waals surface area contributed by atoms with E-state index in [1.807, 2.05) is 18.2 Å². The first kappa shape index (κ1) is 13.7. The summed E-state index contributed by atoms with van der Waals surface area (Å²) in [5, 5.41) is 4.84. The van der Waals surface area contributed by atoms with Crippen molar-refractivity contribution in [1.29, 1.82) is 0 Å². The number of hydrogen-bond donors (Lipinski definition) is 1. The van der Waals surface area contributed by atoms with Gasteiger partial charge in [0, 0.05) is 24.0 Å². The molecule has 1 N–H and O–H groups in total. The van der Waals surface area contributed by atoms with E-state index < -0.39 is 0 Å². The van der Waals surface area contributed by atoms with Crippen LogP contribution in [0.15, 0.2) is 34.7 Å². The van der Waals surface area contributed by atoms with Gasteiger partial charge < -0.3 is 14.5 Å². The van der Waals surface area contributed by atoms with E-state index in [1.165, 1.54) is 5.39 Å². The van der Waals surface area contributed by atoms with Crippen LogP contribution in [0.25, 0.3) is 11.0 Å². The molecule has 3 heteroatoms. The maximum absolute atomic E-state index is 5.93. The van der Waals surface area contributed by atoms with Gasteiger partial charge in [0.25, 0.3) is 0 Å². The van der Waals surface area contributed by atoms with Gasteiger partial charge in [-0.1, -0.05) is 32.0 Å². The summed E-state index contributed by atoms with van der Waals surface area (Å²) in [5.41, 5.74) is 1.13. The highest BCUT2D eigenvalue weighted by molar-refractivity contribution is 5.77. The van der Waals surface area contributed by atoms with E-state index in [9.17, 15) is 0 Å². The second kappa shape index (κ2) is 4.90. The quantitative estimate of drug-likeness (QED) is 0.917. The third kappa shape index (κ3) is 2.15. The fraction of sp³-hybridized carbons (Fsp3) is 0.529. The van der Waals surface area contributed by atoms with Gasteiger partial charge in [-0.05, 0) is 25.5 Å². The molecule has 3 nitrogen and oxygen atoms in total. The first-order valence-electron chi connectivity index (χ1n) is 7.29. The lowest BCUT2D eigenvalue weighted by Gasteiger charge is -2.52. The molecule has 3 unspecified atom stereocenters. The number of para-hydroxylation sites is 1. The molecule has 0 bridgehead atoms. The number of nitrogens with one attached hydrogen (secondary N) is 1. The Morgan fingerprint density at radius 3 is 2.75 bits per heavy atom. The number of methoxy groups -OCH3 is 1. The summed E-state index contributed by atoms with van der Waals surface area (Å²) < 4.78 is 11.4. The maximum Gasteiger partial charge on any atom is 0.134 e. The van der Waals surface area contributed by atoms with Gasteiger partial charge in [0.1, 0.15) is 11.3 Å². The van der Waals surface area contributed by atoms with Crippen molar-refractivity contribution in [1.82, 2.24) is 5.32 Å². The fourth-order valence-corrected chi connectivity index (χ4v) is 3.17. The van der Waals surface area contributed by atoms with Crippen LogP contribution in [0.5, 0.6) is 0 Å². The number of furan rings is 1. The SMILES string of the molecule is COC1CC(NC(C)c2cc3ccccc3o2)C1(C)C. The summed E-state index contributed by atoms with van der Waals surface area (Å²) >= 11 is 0. The van der Waals surface area contributed by atoms with Crippen LogP contribution in [-0.4, -0.2) is 19.3 Å². The summed E-state index contributed by atoms with van der Waals surface area (Å²) in [6, 6.07) is 11.0. The van der Waals surface area contributed by atoms with Gasteiger partial charge in [-0.2, -0.15) is 0 Å². The number of ether oxygens (including phenoxy) is 1. The van der Waals surface area contributed by atoms with Gasteiger partial charge in [-0.25, -0.2) is 0 Å². The Hall–Kier alpha value is -1.32. The highest BCUT2D eigenvalue weighted by atomic mass is 16.5. The zero-order valence-corrected chi connectivity index (χ0v) is 12.6. The van der Waals surface area contributed by atoms with E-state index in [0.29, 0.717) is 12.1 Å². The molecule has 0 aliphatic heterocycles. The largest absolute Gasteiger partial charge is 0.459 e. The standard InChI is InChI=1S/C17H23NO2/c1-11(18-15-10-16(19-4)17(15,2)3)14-9-12-7-5-6-8-13(12)20-14/h5-9,11,15-16,18H,10H2,1-4H3. The van der Waals surface area contributed by atoms with Crippen molar-refractivity contribution in [2.75, 3.05) is 7.11 Å². The van der Waals surface area contributed by atoms with Crippen molar-refractivity contribution in [3.8, 4) is 0 Å². The number of rotatable bonds is 4. The summed E-state index contributed by atoms with van der Waals surface area (Å²) in [6.45, 7) is 6.68. The third-order valence-corrected chi connectivity index (χ3v) is 4.78. The molecule has 0 saturated heterocycles. The number of fused-ring (bicyclic) bond motifs is 1. The smallest absolute Gasteiger partial charge is 0.134 e. The monoisotopic (exact) mass is 273 g/mol. The van der Waals surface area contributed by atoms with Gasteiger partial charge in [0.05, 0.1) is 12.1 Å². The summed E-state index contributed by atoms with van der Waals surface area (Å²) in [4.78, 5) is 0. The van der Waals surface area contributed by atoms with Crippen molar-refractivity contribution < 1.29 is 9.15 Å². The van der Waals surface area contributed by atoms with Crippen LogP contribution in [0.3, 0.4) is 0 Å². The van der Waals surface area contributed by atoms with Gasteiger partial charge in [0.15, 0.2) is 0 Å². The molecule has 1 aromatic heterocycles. The second-order valence-corrected chi connectivity index (χ2v) is 6.41. The molecule has 2 aromatic rings. The molecule has 0 spiro atoms. The van der Waals surface area contributed by atoms with Crippen LogP contribution in [0.1, 0.15) is 39.0 Å². The van der Waals surface area contributed by atoms with E-state index >= 15 is 0 Å². The average Bonchev–Trinajstić information content (AvgIpc) is 2.86. The molecule has 108 valence electrons. The van der Waals surface area contributed by atoms with Crippen molar-refractivity contribution in [3.63, 3.8) is 0 Å². The maximum atomic E-state index is 5.93. The molecule has 1 heterocycles. The Bertz CT molecular complexity index is 569. The summed E-state index contributed by atoms with van der Waals surface area (Å²) in [5.74, 6) is 1.00. The molecular weight excluding hydrogens is 250 g/mol. The molecule has 3 rings (SSSR count). The minimum absolute atomic E-state index is 0.176. The van der Waals surface area contributed by atoms with E-state index in [2.05, 4.69) is 38.2 Å². The Morgan fingerprint density at radius 2 is 2.10 bits per heavy atom. The molecule has 1 saturated carbocycles. The van der Waals surface area contributed by atoms with Gasteiger partial charge in [0.2, 0.25) is 0 Å². The van der Waals surface area contributed by atoms with Crippen molar-refractivity contribution in [3.05, 3.63) is 36.1 Å². The normalized spacial score (nSPS) is 26.4. The van der Waals surface area contributed by atoms with E-state index in [0.717, 1.165) is 17.8 Å². The lowest BCUT2D eigenvalue weighted by molar-refractivity contribution is -0.100. The Labute approximate surface area is 120 Å². The number of hydrogen-bond acceptors (Lipinski definition) is 3. The second-order valence-electron chi connectivity index (χ2n) is 6.41. The Balaban J connectivity index is 1.72. The Kier molecular flexibility index (Phi) is 3.35. The first-order chi connectivity index (χ1) is 9.52. The summed E-state index contributed by atoms with van der Waals surface area (Å²) in [6.07, 6.45) is 1.41. The molecular formula is C17H23NO2. The van der Waals surface area contributed by atoms with Crippen molar-refractivity contribution in [2.24, 2.45) is 5.41 Å². The van der Waals surface area contributed by atoms with Crippen LogP contribution < -0.4 is 5.32 Å². The summed E-state index contributed by atoms with van der Waals surface area (Å²) in [7, 11) is 1.80. The Morgan fingerprint density at radius 1 is 1.35 bits per heavy atom. The van der Waals surface area contributed by atoms with Gasteiger partial charge >= 0.3 is 0 Å². The zero-order chi connectivity index (χ0) is 14.3. The fourth-order valence-electron chi connectivity index (χ4n) is 3.17. The van der Waals surface area contributed by atoms with E-state index in [4.69, 9.17) is 9.15 Å². The third-order valence-electron chi connectivity index (χ3n) is 4.78. The highest BCUT2D eigenvalue weighted by Gasteiger charge is 2.48. The van der Waals surface area contributed by atoms with E-state index in [1.54, 1.807) is 7.11 Å². The average molecular weight is 273 g/mol. The lowest BCUT2D eigenvalue weighted by Crippen LogP contribution is -2.60. The first-order valence-corrected chi connectivity index (χ1v) is 7.29. The lowest BCUT2D eigenvalue weighted by atomic mass is 9.64. The molecule has 1 aliphatic rings. The van der Waals surface area contributed by atoms with E-state index in [-0.39, 0.29) is 11.5 Å². The predicted octanol–water partition coefficient (Wildman–Crippen LogP) is 3.90. The molecule has 0 radical (unpaired) electrons. The van der Waals surface area contributed by atoms with Crippen LogP contribution >= 0.6 is 0 Å². The van der Waals surface area contributed by atoms with Crippen molar-refractivity contribution >= 4 is 11.0 Å². The van der Waals surface area contributed by atoms with Crippen LogP contribution in [0, 0.1) is 5.41 Å². The van der Waals surface area contributed by atoms with Gasteiger partial charge in [-0.15, -0.1) is 0 Å². The topological polar surface area (TPSA) is 34.4 Å². The predicted molar refractivity (Wildman–Crippen MR) is 80.7 cm³/mol. The van der Waals surface area contributed by atoms with Crippen LogP contribution in [-0.2, 0) is 4.74 Å². The number of benzene rings is 1. The van der Waals surface area contributed by atoms with Crippen LogP contribution in [0.2, 0.25) is 0 Å². The zero-order valence-electron chi connectivity index (χ0n) is 12.6. The molecule has 3 atom stereocenters. The molecule has 1 aromatic carbocycles.